The van der Waals surface area contributed by atoms with Gasteiger partial charge in [0.05, 0.1) is 25.1 Å². The van der Waals surface area contributed by atoms with Crippen molar-refractivity contribution in [3.8, 4) is 0 Å². The predicted molar refractivity (Wildman–Crippen MR) is 111 cm³/mol. The topological polar surface area (TPSA) is 114 Å². The zero-order valence-corrected chi connectivity index (χ0v) is 18.2. The van der Waals surface area contributed by atoms with Gasteiger partial charge in [-0.05, 0) is 19.4 Å². The average Bonchev–Trinajstić information content (AvgIpc) is 3.05. The molecule has 0 unspecified atom stereocenters. The Morgan fingerprint density at radius 3 is 2.57 bits per heavy atom. The van der Waals surface area contributed by atoms with Gasteiger partial charge in [-0.3, -0.25) is 9.69 Å². The number of amides is 1. The molecule has 1 amide bonds. The molecule has 2 aromatic rings. The van der Waals surface area contributed by atoms with Crippen molar-refractivity contribution in [2.45, 2.75) is 20.4 Å². The molecular weight excluding hydrogens is 412 g/mol. The van der Waals surface area contributed by atoms with Crippen LogP contribution in [0.5, 0.6) is 0 Å². The largest absolute Gasteiger partial charge is 0.459 e. The van der Waals surface area contributed by atoms with Crippen molar-refractivity contribution >= 4 is 33.6 Å². The van der Waals surface area contributed by atoms with E-state index in [1.165, 1.54) is 7.11 Å². The van der Waals surface area contributed by atoms with E-state index < -0.39 is 5.97 Å². The van der Waals surface area contributed by atoms with Crippen LogP contribution in [0.1, 0.15) is 28.0 Å². The van der Waals surface area contributed by atoms with Crippen LogP contribution in [0.4, 0.5) is 4.79 Å². The lowest BCUT2D eigenvalue weighted by atomic mass is 10.2. The first-order chi connectivity index (χ1) is 14.4. The van der Waals surface area contributed by atoms with Gasteiger partial charge in [-0.2, -0.15) is 0 Å². The Labute approximate surface area is 177 Å². The van der Waals surface area contributed by atoms with E-state index in [4.69, 9.17) is 14.2 Å². The quantitative estimate of drug-likeness (QED) is 0.509. The smallest absolute Gasteiger partial charge is 0.409 e. The van der Waals surface area contributed by atoms with Crippen molar-refractivity contribution in [1.82, 2.24) is 19.8 Å². The number of hydrogen-bond donors (Lipinski definition) is 1. The van der Waals surface area contributed by atoms with Crippen molar-refractivity contribution in [2.75, 3.05) is 53.1 Å². The number of ether oxygens (including phenoxy) is 3. The molecule has 2 aromatic heterocycles. The van der Waals surface area contributed by atoms with Crippen LogP contribution in [0.3, 0.4) is 0 Å². The molecule has 0 saturated carbocycles. The fraction of sp³-hybridized carbons (Fsp3) is 0.579. The summed E-state index contributed by atoms with van der Waals surface area (Å²) in [4.78, 5) is 48.8. The van der Waals surface area contributed by atoms with Crippen LogP contribution < -0.4 is 5.56 Å². The molecular formula is C19H26N4O6S. The van der Waals surface area contributed by atoms with Gasteiger partial charge >= 0.3 is 12.1 Å². The fourth-order valence-electron chi connectivity index (χ4n) is 3.26. The van der Waals surface area contributed by atoms with Crippen LogP contribution in [0.2, 0.25) is 0 Å². The number of nitrogens with zero attached hydrogens (tertiary/aromatic N) is 3. The summed E-state index contributed by atoms with van der Waals surface area (Å²) in [6, 6.07) is 0. The number of fused-ring (bicyclic) bond motifs is 1. The third-order valence-electron chi connectivity index (χ3n) is 4.83. The fourth-order valence-corrected chi connectivity index (χ4v) is 4.35. The summed E-state index contributed by atoms with van der Waals surface area (Å²) in [6.07, 6.45) is -0.302. The van der Waals surface area contributed by atoms with Crippen LogP contribution in [0.15, 0.2) is 4.79 Å². The highest BCUT2D eigenvalue weighted by Crippen LogP contribution is 2.27. The number of esters is 1. The lowest BCUT2D eigenvalue weighted by molar-refractivity contribution is 0.0393. The van der Waals surface area contributed by atoms with Gasteiger partial charge in [-0.25, -0.2) is 14.6 Å². The molecule has 0 atom stereocenters. The minimum atomic E-state index is -0.483. The number of piperazine rings is 1. The lowest BCUT2D eigenvalue weighted by Gasteiger charge is -2.33. The number of thiophene rings is 1. The molecule has 1 saturated heterocycles. The summed E-state index contributed by atoms with van der Waals surface area (Å²) in [5.74, 6) is 0.0428. The third kappa shape index (κ3) is 4.97. The Kier molecular flexibility index (Phi) is 7.40. The number of carbonyl (C=O) groups is 2. The number of H-pyrrole nitrogens is 1. The van der Waals surface area contributed by atoms with E-state index in [0.717, 1.165) is 11.3 Å². The van der Waals surface area contributed by atoms with Crippen molar-refractivity contribution in [3.05, 3.63) is 26.6 Å². The SMILES string of the molecule is CCOC(=O)N1CCN(Cc2nc3sc(C(=O)OCCOC)c(C)c3c(=O)[nH]2)CC1. The first-order valence-electron chi connectivity index (χ1n) is 9.77. The molecule has 30 heavy (non-hydrogen) atoms. The Bertz CT molecular complexity index is 964. The maximum Gasteiger partial charge on any atom is 0.409 e. The van der Waals surface area contributed by atoms with Gasteiger partial charge in [0.25, 0.3) is 5.56 Å². The van der Waals surface area contributed by atoms with Gasteiger partial charge in [-0.15, -0.1) is 11.3 Å². The number of rotatable bonds is 7. The minimum Gasteiger partial charge on any atom is -0.459 e. The number of nitrogens with one attached hydrogen (secondary N) is 1. The normalized spacial score (nSPS) is 14.8. The minimum absolute atomic E-state index is 0.149. The second kappa shape index (κ2) is 10.0. The Morgan fingerprint density at radius 1 is 1.17 bits per heavy atom. The monoisotopic (exact) mass is 438 g/mol. The second-order valence-electron chi connectivity index (χ2n) is 6.84. The molecule has 1 fully saturated rings. The molecule has 0 radical (unpaired) electrons. The predicted octanol–water partition coefficient (Wildman–Crippen LogP) is 1.37. The molecule has 3 rings (SSSR count). The maximum absolute atomic E-state index is 12.6. The summed E-state index contributed by atoms with van der Waals surface area (Å²) in [5, 5.41) is 0.412. The molecule has 0 bridgehead atoms. The van der Waals surface area contributed by atoms with E-state index in [2.05, 4.69) is 14.9 Å². The van der Waals surface area contributed by atoms with Gasteiger partial charge in [0.1, 0.15) is 22.1 Å². The molecule has 0 spiro atoms. The van der Waals surface area contributed by atoms with Crippen LogP contribution >= 0.6 is 11.3 Å². The highest BCUT2D eigenvalue weighted by molar-refractivity contribution is 7.20. The van der Waals surface area contributed by atoms with E-state index in [-0.39, 0.29) is 18.3 Å². The highest BCUT2D eigenvalue weighted by atomic mass is 32.1. The summed E-state index contributed by atoms with van der Waals surface area (Å²) in [5.41, 5.74) is 0.297. The molecule has 3 heterocycles. The Morgan fingerprint density at radius 2 is 1.90 bits per heavy atom. The van der Waals surface area contributed by atoms with Crippen LogP contribution in [0, 0.1) is 6.92 Å². The van der Waals surface area contributed by atoms with Crippen molar-refractivity contribution < 1.29 is 23.8 Å². The van der Waals surface area contributed by atoms with Gasteiger partial charge in [-0.1, -0.05) is 0 Å². The number of methoxy groups -OCH3 is 1. The van der Waals surface area contributed by atoms with Gasteiger partial charge in [0, 0.05) is 33.3 Å². The van der Waals surface area contributed by atoms with Crippen molar-refractivity contribution in [2.24, 2.45) is 0 Å². The zero-order valence-electron chi connectivity index (χ0n) is 17.4. The van der Waals surface area contributed by atoms with Crippen molar-refractivity contribution in [3.63, 3.8) is 0 Å². The first-order valence-corrected chi connectivity index (χ1v) is 10.6. The number of hydrogen-bond acceptors (Lipinski definition) is 9. The third-order valence-corrected chi connectivity index (χ3v) is 5.99. The standard InChI is InChI=1S/C19H26N4O6S/c1-4-28-19(26)23-7-5-22(6-8-23)11-13-20-16(24)14-12(2)15(30-17(14)21-13)18(25)29-10-9-27-3/h4-11H2,1-3H3,(H,20,21,24). The van der Waals surface area contributed by atoms with Crippen LogP contribution in [-0.2, 0) is 20.8 Å². The molecule has 1 aliphatic heterocycles. The van der Waals surface area contributed by atoms with E-state index in [9.17, 15) is 14.4 Å². The molecule has 0 aliphatic carbocycles. The highest BCUT2D eigenvalue weighted by Gasteiger charge is 2.24. The van der Waals surface area contributed by atoms with E-state index in [1.54, 1.807) is 18.7 Å². The number of aryl methyl sites for hydroxylation is 1. The summed E-state index contributed by atoms with van der Waals surface area (Å²) < 4.78 is 15.1. The van der Waals surface area contributed by atoms with Gasteiger partial charge in [0.2, 0.25) is 0 Å². The number of aromatic nitrogens is 2. The molecule has 0 aromatic carbocycles. The summed E-state index contributed by atoms with van der Waals surface area (Å²) >= 11 is 1.16. The first kappa shape index (κ1) is 22.2. The van der Waals surface area contributed by atoms with Crippen molar-refractivity contribution in [1.29, 1.82) is 0 Å². The van der Waals surface area contributed by atoms with E-state index in [0.29, 0.717) is 72.4 Å². The number of carbonyl (C=O) groups excluding carboxylic acids is 2. The summed E-state index contributed by atoms with van der Waals surface area (Å²) in [7, 11) is 1.53. The Hall–Kier alpha value is -2.50. The average molecular weight is 439 g/mol. The van der Waals surface area contributed by atoms with E-state index in [1.807, 2.05) is 0 Å². The van der Waals surface area contributed by atoms with Gasteiger partial charge in [0.15, 0.2) is 0 Å². The molecule has 164 valence electrons. The molecule has 11 heteroatoms. The van der Waals surface area contributed by atoms with Gasteiger partial charge < -0.3 is 24.1 Å². The summed E-state index contributed by atoms with van der Waals surface area (Å²) in [6.45, 7) is 7.18. The van der Waals surface area contributed by atoms with Crippen LogP contribution in [-0.4, -0.2) is 84.9 Å². The van der Waals surface area contributed by atoms with Crippen LogP contribution in [0.25, 0.3) is 10.2 Å². The number of aromatic amines is 1. The zero-order chi connectivity index (χ0) is 21.7. The maximum atomic E-state index is 12.6. The Balaban J connectivity index is 1.70. The van der Waals surface area contributed by atoms with E-state index >= 15 is 0 Å². The molecule has 10 nitrogen and oxygen atoms in total. The molecule has 1 N–H and O–H groups in total. The molecule has 1 aliphatic rings. The lowest BCUT2D eigenvalue weighted by Crippen LogP contribution is -2.48. The second-order valence-corrected chi connectivity index (χ2v) is 7.84.